The molecule has 2 N–H and O–H groups in total. The van der Waals surface area contributed by atoms with Crippen LogP contribution in [0.1, 0.15) is 35.4 Å². The van der Waals surface area contributed by atoms with E-state index < -0.39 is 5.97 Å². The van der Waals surface area contributed by atoms with Crippen LogP contribution in [0.3, 0.4) is 0 Å². The first-order chi connectivity index (χ1) is 5.65. The van der Waals surface area contributed by atoms with E-state index >= 15 is 0 Å². The topological polar surface area (TPSA) is 66.0 Å². The van der Waals surface area contributed by atoms with Crippen molar-refractivity contribution in [1.29, 1.82) is 0 Å². The molecule has 0 aliphatic carbocycles. The predicted molar refractivity (Wildman–Crippen MR) is 44.3 cm³/mol. The van der Waals surface area contributed by atoms with Gasteiger partial charge < -0.3 is 10.1 Å². The summed E-state index contributed by atoms with van der Waals surface area (Å²) in [6, 6.07) is 0. The van der Waals surface area contributed by atoms with E-state index in [1.807, 2.05) is 13.8 Å². The van der Waals surface area contributed by atoms with Gasteiger partial charge in [0.1, 0.15) is 0 Å². The van der Waals surface area contributed by atoms with E-state index in [4.69, 9.17) is 5.11 Å². The van der Waals surface area contributed by atoms with Gasteiger partial charge in [0.15, 0.2) is 0 Å². The normalized spacial score (nSPS) is 10.2. The van der Waals surface area contributed by atoms with Crippen molar-refractivity contribution in [3.05, 3.63) is 17.2 Å². The molecule has 0 spiro atoms. The van der Waals surface area contributed by atoms with E-state index in [2.05, 4.69) is 9.97 Å². The molecule has 4 heteroatoms. The minimum absolute atomic E-state index is 0.0379. The highest BCUT2D eigenvalue weighted by atomic mass is 16.4. The second kappa shape index (κ2) is 3.38. The summed E-state index contributed by atoms with van der Waals surface area (Å²) in [6.07, 6.45) is 1.81. The molecule has 0 aliphatic heterocycles. The lowest BCUT2D eigenvalue weighted by atomic mass is 10.2. The number of hydrogen-bond acceptors (Lipinski definition) is 2. The van der Waals surface area contributed by atoms with Crippen LogP contribution in [-0.4, -0.2) is 21.0 Å². The molecule has 1 rings (SSSR count). The van der Waals surface area contributed by atoms with Gasteiger partial charge in [0.25, 0.3) is 0 Å². The van der Waals surface area contributed by atoms with Crippen LogP contribution in [0.2, 0.25) is 0 Å². The Bertz CT molecular complexity index is 291. The van der Waals surface area contributed by atoms with Crippen LogP contribution in [0, 0.1) is 6.92 Å². The number of hydrogen-bond donors (Lipinski definition) is 2. The fourth-order valence-corrected chi connectivity index (χ4v) is 1.08. The molecule has 0 saturated carbocycles. The Balaban J connectivity index is 2.92. The lowest BCUT2D eigenvalue weighted by Gasteiger charge is -1.90. The molecule has 0 unspecified atom stereocenters. The fraction of sp³-hybridized carbons (Fsp3) is 0.500. The van der Waals surface area contributed by atoms with Crippen LogP contribution < -0.4 is 0 Å². The molecule has 0 aliphatic rings. The quantitative estimate of drug-likeness (QED) is 0.716. The van der Waals surface area contributed by atoms with Gasteiger partial charge >= 0.3 is 5.97 Å². The average Bonchev–Trinajstić information content (AvgIpc) is 2.34. The highest BCUT2D eigenvalue weighted by molar-refractivity contribution is 5.83. The molecule has 0 radical (unpaired) electrons. The summed E-state index contributed by atoms with van der Waals surface area (Å²) in [5.74, 6) is -0.962. The molecule has 0 atom stereocenters. The summed E-state index contributed by atoms with van der Waals surface area (Å²) in [4.78, 5) is 17.1. The van der Waals surface area contributed by atoms with E-state index in [1.165, 1.54) is 0 Å². The number of carboxylic acids is 1. The number of carbonyl (C=O) groups is 1. The molecule has 0 fully saturated rings. The molecular formula is C8H12N2O2. The van der Waals surface area contributed by atoms with Gasteiger partial charge in [-0.2, -0.15) is 0 Å². The molecule has 4 nitrogen and oxygen atoms in total. The zero-order chi connectivity index (χ0) is 9.14. The van der Waals surface area contributed by atoms with Crippen molar-refractivity contribution in [2.24, 2.45) is 0 Å². The van der Waals surface area contributed by atoms with E-state index in [-0.39, 0.29) is 5.82 Å². The zero-order valence-electron chi connectivity index (χ0n) is 7.22. The Morgan fingerprint density at radius 2 is 2.33 bits per heavy atom. The second-order valence-electron chi connectivity index (χ2n) is 2.71. The molecule has 12 heavy (non-hydrogen) atoms. The molecule has 0 aromatic carbocycles. The third-order valence-electron chi connectivity index (χ3n) is 1.67. The van der Waals surface area contributed by atoms with Crippen LogP contribution in [0.5, 0.6) is 0 Å². The summed E-state index contributed by atoms with van der Waals surface area (Å²) in [5, 5.41) is 8.60. The van der Waals surface area contributed by atoms with E-state index in [9.17, 15) is 4.79 Å². The Hall–Kier alpha value is -1.32. The summed E-state index contributed by atoms with van der Waals surface area (Å²) >= 11 is 0. The molecule has 66 valence electrons. The van der Waals surface area contributed by atoms with E-state index in [0.29, 0.717) is 0 Å². The van der Waals surface area contributed by atoms with Crippen molar-refractivity contribution in [2.75, 3.05) is 0 Å². The lowest BCUT2D eigenvalue weighted by Crippen LogP contribution is -1.98. The first kappa shape index (κ1) is 8.77. The Labute approximate surface area is 70.6 Å². The number of aromatic amines is 1. The number of imidazole rings is 1. The van der Waals surface area contributed by atoms with Gasteiger partial charge in [-0.1, -0.05) is 13.3 Å². The first-order valence-corrected chi connectivity index (χ1v) is 3.94. The van der Waals surface area contributed by atoms with Crippen LogP contribution in [0.15, 0.2) is 0 Å². The third-order valence-corrected chi connectivity index (χ3v) is 1.67. The summed E-state index contributed by atoms with van der Waals surface area (Å²) in [5.41, 5.74) is 1.71. The Morgan fingerprint density at radius 3 is 2.75 bits per heavy atom. The van der Waals surface area contributed by atoms with Crippen molar-refractivity contribution in [3.63, 3.8) is 0 Å². The van der Waals surface area contributed by atoms with Crippen LogP contribution in [0.4, 0.5) is 0 Å². The number of aryl methyl sites for hydroxylation is 2. The minimum Gasteiger partial charge on any atom is -0.475 e. The standard InChI is InChI=1S/C8H12N2O2/c1-3-4-6-5(2)9-7(10-6)8(11)12/h3-4H2,1-2H3,(H,9,10)(H,11,12). The largest absolute Gasteiger partial charge is 0.475 e. The fourth-order valence-electron chi connectivity index (χ4n) is 1.08. The summed E-state index contributed by atoms with van der Waals surface area (Å²) in [6.45, 7) is 3.87. The van der Waals surface area contributed by atoms with Crippen molar-refractivity contribution in [1.82, 2.24) is 9.97 Å². The average molecular weight is 168 g/mol. The maximum atomic E-state index is 10.5. The van der Waals surface area contributed by atoms with E-state index in [1.54, 1.807) is 0 Å². The molecular weight excluding hydrogens is 156 g/mol. The highest BCUT2D eigenvalue weighted by Gasteiger charge is 2.10. The van der Waals surface area contributed by atoms with Crippen LogP contribution in [0.25, 0.3) is 0 Å². The van der Waals surface area contributed by atoms with Gasteiger partial charge in [-0.3, -0.25) is 0 Å². The number of H-pyrrole nitrogens is 1. The number of nitrogens with zero attached hydrogens (tertiary/aromatic N) is 1. The monoisotopic (exact) mass is 168 g/mol. The Morgan fingerprint density at radius 1 is 1.67 bits per heavy atom. The highest BCUT2D eigenvalue weighted by Crippen LogP contribution is 2.06. The molecule has 0 amide bonds. The minimum atomic E-state index is -1.000. The lowest BCUT2D eigenvalue weighted by molar-refractivity contribution is 0.0684. The molecule has 1 heterocycles. The van der Waals surface area contributed by atoms with Crippen molar-refractivity contribution in [3.8, 4) is 0 Å². The van der Waals surface area contributed by atoms with Crippen molar-refractivity contribution in [2.45, 2.75) is 26.7 Å². The molecule has 0 bridgehead atoms. The van der Waals surface area contributed by atoms with Gasteiger partial charge in [-0.05, 0) is 13.3 Å². The van der Waals surface area contributed by atoms with Gasteiger partial charge in [-0.15, -0.1) is 0 Å². The third kappa shape index (κ3) is 1.64. The van der Waals surface area contributed by atoms with Crippen LogP contribution >= 0.6 is 0 Å². The number of rotatable bonds is 3. The van der Waals surface area contributed by atoms with Gasteiger partial charge in [0, 0.05) is 5.69 Å². The van der Waals surface area contributed by atoms with Crippen LogP contribution in [-0.2, 0) is 6.42 Å². The molecule has 0 saturated heterocycles. The van der Waals surface area contributed by atoms with Gasteiger partial charge in [0.05, 0.1) is 5.69 Å². The summed E-state index contributed by atoms with van der Waals surface area (Å²) in [7, 11) is 0. The summed E-state index contributed by atoms with van der Waals surface area (Å²) < 4.78 is 0. The number of nitrogens with one attached hydrogen (secondary N) is 1. The van der Waals surface area contributed by atoms with Gasteiger partial charge in [0.2, 0.25) is 5.82 Å². The Kier molecular flexibility index (Phi) is 2.47. The number of carboxylic acid groups (broad SMARTS) is 1. The SMILES string of the molecule is CCCc1nc(C(=O)O)[nH]c1C. The second-order valence-corrected chi connectivity index (χ2v) is 2.71. The molecule has 1 aromatic heterocycles. The van der Waals surface area contributed by atoms with E-state index in [0.717, 1.165) is 24.2 Å². The zero-order valence-corrected chi connectivity index (χ0v) is 7.22. The van der Waals surface area contributed by atoms with Crippen molar-refractivity contribution >= 4 is 5.97 Å². The van der Waals surface area contributed by atoms with Gasteiger partial charge in [-0.25, -0.2) is 9.78 Å². The maximum Gasteiger partial charge on any atom is 0.371 e. The number of aromatic carboxylic acids is 1. The smallest absolute Gasteiger partial charge is 0.371 e. The molecule has 1 aromatic rings. The van der Waals surface area contributed by atoms with Crippen molar-refractivity contribution < 1.29 is 9.90 Å². The predicted octanol–water partition coefficient (Wildman–Crippen LogP) is 1.37. The maximum absolute atomic E-state index is 10.5. The number of aromatic nitrogens is 2. The first-order valence-electron chi connectivity index (χ1n) is 3.94.